The Morgan fingerprint density at radius 3 is 2.39 bits per heavy atom. The molecule has 1 aliphatic rings. The molecular weight excluding hydrogens is 443 g/mol. The number of alkyl halides is 3. The van der Waals surface area contributed by atoms with Crippen molar-refractivity contribution in [2.45, 2.75) is 50.0 Å². The number of hydrogen-bond donors (Lipinski definition) is 3. The highest BCUT2D eigenvalue weighted by Gasteiger charge is 2.46. The number of rotatable bonds is 7. The Balaban J connectivity index is 1.74. The Morgan fingerprint density at radius 2 is 1.90 bits per heavy atom. The Morgan fingerprint density at radius 1 is 1.26 bits per heavy atom. The van der Waals surface area contributed by atoms with Crippen LogP contribution in [0.2, 0.25) is 0 Å². The average molecular weight is 465 g/mol. The van der Waals surface area contributed by atoms with Crippen LogP contribution in [0.5, 0.6) is 5.88 Å². The van der Waals surface area contributed by atoms with E-state index in [1.54, 1.807) is 0 Å². The standard InChI is InChI=1S/C18H22F3N3O6S/c1-10-16(11(2)30-24-10)31(27,28)23-8-17(5-13(25)14(26)6-17)9-29-15-4-3-12(7-22-15)18(19,20)21/h3-4,7,13-14,23,25-26H,5-6,8-9H2,1-2H3/t13-,14+,17?. The Labute approximate surface area is 176 Å². The molecule has 0 aliphatic heterocycles. The summed E-state index contributed by atoms with van der Waals surface area (Å²) in [6.07, 6.45) is -6.10. The summed E-state index contributed by atoms with van der Waals surface area (Å²) < 4.78 is 76.2. The minimum absolute atomic E-state index is 0.0128. The molecule has 0 saturated heterocycles. The van der Waals surface area contributed by atoms with Crippen LogP contribution in [0.1, 0.15) is 29.9 Å². The second-order valence-electron chi connectivity index (χ2n) is 7.69. The van der Waals surface area contributed by atoms with Gasteiger partial charge >= 0.3 is 6.18 Å². The maximum absolute atomic E-state index is 12.7. The van der Waals surface area contributed by atoms with Crippen molar-refractivity contribution in [3.05, 3.63) is 35.3 Å². The summed E-state index contributed by atoms with van der Waals surface area (Å²) >= 11 is 0. The first-order valence-electron chi connectivity index (χ1n) is 9.28. The number of pyridine rings is 1. The molecule has 3 N–H and O–H groups in total. The van der Waals surface area contributed by atoms with Gasteiger partial charge in [0.2, 0.25) is 15.9 Å². The lowest BCUT2D eigenvalue weighted by atomic mass is 9.87. The molecule has 2 aromatic heterocycles. The van der Waals surface area contributed by atoms with Gasteiger partial charge in [-0.05, 0) is 32.8 Å². The molecule has 0 amide bonds. The summed E-state index contributed by atoms with van der Waals surface area (Å²) in [4.78, 5) is 3.52. The number of sulfonamides is 1. The fourth-order valence-electron chi connectivity index (χ4n) is 3.59. The van der Waals surface area contributed by atoms with Crippen molar-refractivity contribution in [2.75, 3.05) is 13.2 Å². The minimum Gasteiger partial charge on any atom is -0.477 e. The largest absolute Gasteiger partial charge is 0.477 e. The Bertz CT molecular complexity index is 994. The van der Waals surface area contributed by atoms with E-state index in [2.05, 4.69) is 14.9 Å². The van der Waals surface area contributed by atoms with E-state index in [4.69, 9.17) is 9.26 Å². The van der Waals surface area contributed by atoms with Gasteiger partial charge in [0.25, 0.3) is 0 Å². The van der Waals surface area contributed by atoms with Crippen LogP contribution in [0.4, 0.5) is 13.2 Å². The molecule has 1 saturated carbocycles. The van der Waals surface area contributed by atoms with Gasteiger partial charge in [-0.25, -0.2) is 18.1 Å². The van der Waals surface area contributed by atoms with Crippen LogP contribution in [0.25, 0.3) is 0 Å². The number of nitrogens with one attached hydrogen (secondary N) is 1. The van der Waals surface area contributed by atoms with Crippen molar-refractivity contribution in [3.8, 4) is 5.88 Å². The van der Waals surface area contributed by atoms with Crippen LogP contribution in [-0.2, 0) is 16.2 Å². The van der Waals surface area contributed by atoms with E-state index in [9.17, 15) is 31.8 Å². The zero-order valence-electron chi connectivity index (χ0n) is 16.7. The van der Waals surface area contributed by atoms with Crippen LogP contribution in [-0.4, -0.2) is 54.1 Å². The molecule has 2 heterocycles. The molecule has 3 rings (SSSR count). The van der Waals surface area contributed by atoms with Crippen LogP contribution >= 0.6 is 0 Å². The predicted molar refractivity (Wildman–Crippen MR) is 99.6 cm³/mol. The molecule has 0 bridgehead atoms. The van der Waals surface area contributed by atoms with Gasteiger partial charge in [0.1, 0.15) is 10.6 Å². The number of nitrogens with zero attached hydrogens (tertiary/aromatic N) is 2. The van der Waals surface area contributed by atoms with E-state index >= 15 is 0 Å². The van der Waals surface area contributed by atoms with Gasteiger partial charge in [0.15, 0.2) is 5.76 Å². The number of aliphatic hydroxyl groups is 2. The lowest BCUT2D eigenvalue weighted by Crippen LogP contribution is -2.40. The average Bonchev–Trinajstić information content (AvgIpc) is 3.17. The first-order chi connectivity index (χ1) is 14.3. The maximum atomic E-state index is 12.7. The number of aliphatic hydroxyl groups excluding tert-OH is 2. The summed E-state index contributed by atoms with van der Waals surface area (Å²) in [6.45, 7) is 2.54. The van der Waals surface area contributed by atoms with Crippen LogP contribution in [0.3, 0.4) is 0 Å². The van der Waals surface area contributed by atoms with E-state index < -0.39 is 39.4 Å². The van der Waals surface area contributed by atoms with Crippen LogP contribution in [0.15, 0.2) is 27.7 Å². The first-order valence-corrected chi connectivity index (χ1v) is 10.8. The van der Waals surface area contributed by atoms with Crippen molar-refractivity contribution in [1.29, 1.82) is 0 Å². The molecular formula is C18H22F3N3O6S. The van der Waals surface area contributed by atoms with Gasteiger partial charge in [-0.1, -0.05) is 5.16 Å². The van der Waals surface area contributed by atoms with E-state index in [0.717, 1.165) is 12.1 Å². The van der Waals surface area contributed by atoms with Crippen LogP contribution < -0.4 is 9.46 Å². The third-order valence-corrected chi connectivity index (χ3v) is 6.84. The highest BCUT2D eigenvalue weighted by Crippen LogP contribution is 2.39. The molecule has 172 valence electrons. The molecule has 1 unspecified atom stereocenters. The fraction of sp³-hybridized carbons (Fsp3) is 0.556. The van der Waals surface area contributed by atoms with E-state index in [-0.39, 0.29) is 48.2 Å². The quantitative estimate of drug-likeness (QED) is 0.561. The van der Waals surface area contributed by atoms with Crippen molar-refractivity contribution in [1.82, 2.24) is 14.9 Å². The van der Waals surface area contributed by atoms with Gasteiger partial charge in [0, 0.05) is 24.2 Å². The third-order valence-electron chi connectivity index (χ3n) is 5.19. The molecule has 0 radical (unpaired) electrons. The summed E-state index contributed by atoms with van der Waals surface area (Å²) in [5.41, 5.74) is -1.78. The number of ether oxygens (including phenoxy) is 1. The second kappa shape index (κ2) is 8.37. The van der Waals surface area contributed by atoms with Gasteiger partial charge in [0.05, 0.1) is 24.4 Å². The normalized spacial score (nSPS) is 24.5. The van der Waals surface area contributed by atoms with Gasteiger partial charge in [-0.15, -0.1) is 0 Å². The van der Waals surface area contributed by atoms with E-state index in [1.807, 2.05) is 0 Å². The Kier molecular flexibility index (Phi) is 6.33. The zero-order chi connectivity index (χ0) is 23.0. The lowest BCUT2D eigenvalue weighted by Gasteiger charge is -2.29. The van der Waals surface area contributed by atoms with Crippen molar-refractivity contribution < 1.29 is 41.1 Å². The minimum atomic E-state index is -4.54. The molecule has 31 heavy (non-hydrogen) atoms. The zero-order valence-corrected chi connectivity index (χ0v) is 17.5. The van der Waals surface area contributed by atoms with Crippen molar-refractivity contribution >= 4 is 10.0 Å². The van der Waals surface area contributed by atoms with Gasteiger partial charge in [-0.3, -0.25) is 0 Å². The monoisotopic (exact) mass is 465 g/mol. The molecule has 1 aliphatic carbocycles. The van der Waals surface area contributed by atoms with E-state index in [0.29, 0.717) is 6.20 Å². The predicted octanol–water partition coefficient (Wildman–Crippen LogP) is 1.56. The number of aromatic nitrogens is 2. The summed E-state index contributed by atoms with van der Waals surface area (Å²) in [7, 11) is -4.01. The van der Waals surface area contributed by atoms with Crippen molar-refractivity contribution in [2.24, 2.45) is 5.41 Å². The summed E-state index contributed by atoms with van der Waals surface area (Å²) in [6, 6.07) is 1.86. The van der Waals surface area contributed by atoms with Crippen LogP contribution in [0, 0.1) is 19.3 Å². The summed E-state index contributed by atoms with van der Waals surface area (Å²) in [5, 5.41) is 23.6. The molecule has 3 atom stereocenters. The number of halogens is 3. The summed E-state index contributed by atoms with van der Waals surface area (Å²) in [5.74, 6) is 0.00702. The third kappa shape index (κ3) is 5.17. The number of aryl methyl sites for hydroxylation is 2. The highest BCUT2D eigenvalue weighted by atomic mass is 32.2. The van der Waals surface area contributed by atoms with E-state index in [1.165, 1.54) is 13.8 Å². The number of hydrogen-bond acceptors (Lipinski definition) is 8. The topological polar surface area (TPSA) is 135 Å². The SMILES string of the molecule is Cc1noc(C)c1S(=O)(=O)NCC1(COc2ccc(C(F)(F)F)cn2)C[C@@H](O)[C@@H](O)C1. The molecule has 1 fully saturated rings. The lowest BCUT2D eigenvalue weighted by molar-refractivity contribution is -0.137. The Hall–Kier alpha value is -2.22. The molecule has 0 aromatic carbocycles. The highest BCUT2D eigenvalue weighted by molar-refractivity contribution is 7.89. The first kappa shape index (κ1) is 23.4. The molecule has 13 heteroatoms. The molecule has 9 nitrogen and oxygen atoms in total. The van der Waals surface area contributed by atoms with Crippen molar-refractivity contribution in [3.63, 3.8) is 0 Å². The maximum Gasteiger partial charge on any atom is 0.417 e. The second-order valence-corrected chi connectivity index (χ2v) is 9.40. The van der Waals surface area contributed by atoms with Gasteiger partial charge < -0.3 is 19.5 Å². The fourth-order valence-corrected chi connectivity index (χ4v) is 5.08. The smallest absolute Gasteiger partial charge is 0.417 e. The van der Waals surface area contributed by atoms with Gasteiger partial charge in [-0.2, -0.15) is 13.2 Å². The molecule has 0 spiro atoms. The molecule has 2 aromatic rings.